The predicted molar refractivity (Wildman–Crippen MR) is 50.5 cm³/mol. The monoisotopic (exact) mass is 203 g/mol. The SMILES string of the molecule is C[C@@H]1CC(=O)N(CCCCCl)C1=O. The van der Waals surface area contributed by atoms with Crippen molar-refractivity contribution in [3.8, 4) is 0 Å². The molecule has 0 aromatic carbocycles. The number of rotatable bonds is 4. The molecule has 0 spiro atoms. The van der Waals surface area contributed by atoms with Gasteiger partial charge in [-0.05, 0) is 12.8 Å². The maximum absolute atomic E-state index is 11.4. The Bertz CT molecular complexity index is 218. The van der Waals surface area contributed by atoms with Crippen LogP contribution < -0.4 is 0 Å². The highest BCUT2D eigenvalue weighted by molar-refractivity contribution is 6.17. The largest absolute Gasteiger partial charge is 0.282 e. The Morgan fingerprint density at radius 2 is 2.15 bits per heavy atom. The number of imide groups is 1. The van der Waals surface area contributed by atoms with Crippen molar-refractivity contribution >= 4 is 23.4 Å². The predicted octanol–water partition coefficient (Wildman–Crippen LogP) is 1.40. The Kier molecular flexibility index (Phi) is 3.72. The maximum Gasteiger partial charge on any atom is 0.232 e. The molecule has 0 unspecified atom stereocenters. The summed E-state index contributed by atoms with van der Waals surface area (Å²) in [5.74, 6) is 0.404. The van der Waals surface area contributed by atoms with Gasteiger partial charge in [0.15, 0.2) is 0 Å². The second kappa shape index (κ2) is 4.61. The average molecular weight is 204 g/mol. The van der Waals surface area contributed by atoms with Crippen molar-refractivity contribution in [2.24, 2.45) is 5.92 Å². The number of hydrogen-bond donors (Lipinski definition) is 0. The van der Waals surface area contributed by atoms with Crippen molar-refractivity contribution in [2.75, 3.05) is 12.4 Å². The number of unbranched alkanes of at least 4 members (excludes halogenated alkanes) is 1. The van der Waals surface area contributed by atoms with Gasteiger partial charge in [-0.3, -0.25) is 14.5 Å². The summed E-state index contributed by atoms with van der Waals surface area (Å²) >= 11 is 5.50. The van der Waals surface area contributed by atoms with E-state index in [0.717, 1.165) is 12.8 Å². The number of hydrogen-bond acceptors (Lipinski definition) is 2. The highest BCUT2D eigenvalue weighted by Crippen LogP contribution is 2.18. The van der Waals surface area contributed by atoms with Gasteiger partial charge in [0.2, 0.25) is 11.8 Å². The minimum Gasteiger partial charge on any atom is -0.282 e. The molecule has 0 saturated carbocycles. The van der Waals surface area contributed by atoms with Crippen LogP contribution in [0, 0.1) is 5.92 Å². The summed E-state index contributed by atoms with van der Waals surface area (Å²) in [5.41, 5.74) is 0. The van der Waals surface area contributed by atoms with Gasteiger partial charge in [-0.25, -0.2) is 0 Å². The number of nitrogens with zero attached hydrogens (tertiary/aromatic N) is 1. The molecule has 1 saturated heterocycles. The van der Waals surface area contributed by atoms with E-state index in [-0.39, 0.29) is 17.7 Å². The van der Waals surface area contributed by atoms with Gasteiger partial charge in [0.1, 0.15) is 0 Å². The molecule has 1 aliphatic heterocycles. The standard InChI is InChI=1S/C9H14ClNO2/c1-7-6-8(12)11(9(7)13)5-3-2-4-10/h7H,2-6H2,1H3/t7-/m1/s1. The van der Waals surface area contributed by atoms with Crippen LogP contribution in [-0.2, 0) is 9.59 Å². The molecule has 0 N–H and O–H groups in total. The molecule has 0 bridgehead atoms. The van der Waals surface area contributed by atoms with Crippen LogP contribution in [0.3, 0.4) is 0 Å². The summed E-state index contributed by atoms with van der Waals surface area (Å²) in [6, 6.07) is 0. The topological polar surface area (TPSA) is 37.4 Å². The van der Waals surface area contributed by atoms with E-state index in [1.54, 1.807) is 6.92 Å². The van der Waals surface area contributed by atoms with Crippen molar-refractivity contribution in [3.63, 3.8) is 0 Å². The number of carbonyl (C=O) groups is 2. The minimum atomic E-state index is -0.122. The van der Waals surface area contributed by atoms with Crippen LogP contribution >= 0.6 is 11.6 Å². The van der Waals surface area contributed by atoms with Crippen molar-refractivity contribution < 1.29 is 9.59 Å². The van der Waals surface area contributed by atoms with Crippen LogP contribution in [0.5, 0.6) is 0 Å². The van der Waals surface area contributed by atoms with E-state index in [2.05, 4.69) is 0 Å². The zero-order valence-corrected chi connectivity index (χ0v) is 8.51. The highest BCUT2D eigenvalue weighted by Gasteiger charge is 2.34. The van der Waals surface area contributed by atoms with Crippen molar-refractivity contribution in [1.82, 2.24) is 4.90 Å². The van der Waals surface area contributed by atoms with Crippen LogP contribution in [0.25, 0.3) is 0 Å². The molecule has 13 heavy (non-hydrogen) atoms. The van der Waals surface area contributed by atoms with E-state index in [4.69, 9.17) is 11.6 Å². The van der Waals surface area contributed by atoms with Gasteiger partial charge in [-0.1, -0.05) is 6.92 Å². The third-order valence-electron chi connectivity index (χ3n) is 2.23. The fraction of sp³-hybridized carbons (Fsp3) is 0.778. The van der Waals surface area contributed by atoms with Crippen molar-refractivity contribution in [3.05, 3.63) is 0 Å². The van der Waals surface area contributed by atoms with Gasteiger partial charge in [0.05, 0.1) is 0 Å². The molecule has 4 heteroatoms. The van der Waals surface area contributed by atoms with Gasteiger partial charge in [-0.15, -0.1) is 11.6 Å². The van der Waals surface area contributed by atoms with Crippen LogP contribution in [0.4, 0.5) is 0 Å². The van der Waals surface area contributed by atoms with Gasteiger partial charge in [0.25, 0.3) is 0 Å². The van der Waals surface area contributed by atoms with Crippen LogP contribution in [0.2, 0.25) is 0 Å². The minimum absolute atomic E-state index is 0.0282. The Balaban J connectivity index is 2.40. The number of halogens is 1. The summed E-state index contributed by atoms with van der Waals surface area (Å²) in [5, 5.41) is 0. The summed E-state index contributed by atoms with van der Waals surface area (Å²) in [6.45, 7) is 2.33. The Labute approximate surface area is 83.0 Å². The van der Waals surface area contributed by atoms with E-state index >= 15 is 0 Å². The van der Waals surface area contributed by atoms with E-state index in [1.165, 1.54) is 4.90 Å². The van der Waals surface area contributed by atoms with E-state index in [9.17, 15) is 9.59 Å². The second-order valence-corrected chi connectivity index (χ2v) is 3.76. The molecule has 1 rings (SSSR count). The summed E-state index contributed by atoms with van der Waals surface area (Å²) in [4.78, 5) is 24.0. The molecule has 1 aliphatic rings. The quantitative estimate of drug-likeness (QED) is 0.394. The summed E-state index contributed by atoms with van der Waals surface area (Å²) < 4.78 is 0. The zero-order chi connectivity index (χ0) is 9.84. The molecule has 1 atom stereocenters. The number of carbonyl (C=O) groups excluding carboxylic acids is 2. The number of alkyl halides is 1. The van der Waals surface area contributed by atoms with E-state index in [1.807, 2.05) is 0 Å². The molecule has 0 aromatic rings. The molecule has 0 aliphatic carbocycles. The molecule has 0 aromatic heterocycles. The molecule has 1 heterocycles. The first-order chi connectivity index (χ1) is 6.16. The lowest BCUT2D eigenvalue weighted by atomic mass is 10.1. The third kappa shape index (κ3) is 2.44. The van der Waals surface area contributed by atoms with E-state index < -0.39 is 0 Å². The lowest BCUT2D eigenvalue weighted by Crippen LogP contribution is -2.31. The molecule has 1 fully saturated rings. The second-order valence-electron chi connectivity index (χ2n) is 3.38. The molecular weight excluding hydrogens is 190 g/mol. The van der Waals surface area contributed by atoms with Crippen LogP contribution in [0.15, 0.2) is 0 Å². The Morgan fingerprint density at radius 1 is 1.46 bits per heavy atom. The molecule has 2 amide bonds. The van der Waals surface area contributed by atoms with Gasteiger partial charge < -0.3 is 0 Å². The maximum atomic E-state index is 11.4. The fourth-order valence-electron chi connectivity index (χ4n) is 1.45. The first-order valence-electron chi connectivity index (χ1n) is 4.57. The van der Waals surface area contributed by atoms with E-state index in [0.29, 0.717) is 18.8 Å². The fourth-order valence-corrected chi connectivity index (χ4v) is 1.64. The summed E-state index contributed by atoms with van der Waals surface area (Å²) in [6.07, 6.45) is 2.04. The van der Waals surface area contributed by atoms with Gasteiger partial charge in [-0.2, -0.15) is 0 Å². The number of amides is 2. The first-order valence-corrected chi connectivity index (χ1v) is 5.10. The normalized spacial score (nSPS) is 22.9. The highest BCUT2D eigenvalue weighted by atomic mass is 35.5. The third-order valence-corrected chi connectivity index (χ3v) is 2.50. The smallest absolute Gasteiger partial charge is 0.232 e. The van der Waals surface area contributed by atoms with Crippen LogP contribution in [-0.4, -0.2) is 29.1 Å². The molecule has 3 nitrogen and oxygen atoms in total. The Morgan fingerprint density at radius 3 is 2.62 bits per heavy atom. The van der Waals surface area contributed by atoms with Crippen molar-refractivity contribution in [1.29, 1.82) is 0 Å². The molecule has 0 radical (unpaired) electrons. The lowest BCUT2D eigenvalue weighted by Gasteiger charge is -2.13. The van der Waals surface area contributed by atoms with Gasteiger partial charge >= 0.3 is 0 Å². The zero-order valence-electron chi connectivity index (χ0n) is 7.75. The lowest BCUT2D eigenvalue weighted by molar-refractivity contribution is -0.139. The molecular formula is C9H14ClNO2. The number of likely N-dealkylation sites (tertiary alicyclic amines) is 1. The summed E-state index contributed by atoms with van der Waals surface area (Å²) in [7, 11) is 0. The average Bonchev–Trinajstić information content (AvgIpc) is 2.32. The van der Waals surface area contributed by atoms with Gasteiger partial charge in [0, 0.05) is 24.8 Å². The first kappa shape index (κ1) is 10.5. The Hall–Kier alpha value is -0.570. The van der Waals surface area contributed by atoms with Crippen LogP contribution in [0.1, 0.15) is 26.2 Å². The molecule has 74 valence electrons. The van der Waals surface area contributed by atoms with Crippen molar-refractivity contribution in [2.45, 2.75) is 26.2 Å².